The molecule has 186 valence electrons. The monoisotopic (exact) mass is 484 g/mol. The minimum atomic E-state index is -0.349. The van der Waals surface area contributed by atoms with Gasteiger partial charge >= 0.3 is 0 Å². The molecule has 5 rings (SSSR count). The van der Waals surface area contributed by atoms with Gasteiger partial charge in [-0.25, -0.2) is 9.97 Å². The highest BCUT2D eigenvalue weighted by Gasteiger charge is 2.36. The molecule has 1 amide bonds. The second-order valence-corrected chi connectivity index (χ2v) is 10.3. The Morgan fingerprint density at radius 3 is 2.72 bits per heavy atom. The second kappa shape index (κ2) is 9.56. The SMILES string of the molecule is Cc1[nH]ncc1Nc1nccc(-c2ccc3c(c2)CCCCC3N(C(=O)c2cn[nH]c2)C(C)(C)C)n1. The van der Waals surface area contributed by atoms with Crippen LogP contribution in [0.3, 0.4) is 0 Å². The van der Waals surface area contributed by atoms with Crippen molar-refractivity contribution >= 4 is 17.5 Å². The van der Waals surface area contributed by atoms with Crippen molar-refractivity contribution in [3.63, 3.8) is 0 Å². The van der Waals surface area contributed by atoms with Gasteiger partial charge in [0.2, 0.25) is 5.95 Å². The number of aromatic amines is 2. The summed E-state index contributed by atoms with van der Waals surface area (Å²) in [5.41, 5.74) is 6.37. The molecule has 1 aromatic carbocycles. The Morgan fingerprint density at radius 1 is 1.14 bits per heavy atom. The molecule has 1 atom stereocenters. The number of hydrogen-bond acceptors (Lipinski definition) is 6. The third kappa shape index (κ3) is 4.73. The summed E-state index contributed by atoms with van der Waals surface area (Å²) in [5.74, 6) is 0.522. The average molecular weight is 485 g/mol. The zero-order valence-corrected chi connectivity index (χ0v) is 21.2. The molecular weight excluding hydrogens is 452 g/mol. The van der Waals surface area contributed by atoms with Gasteiger partial charge in [0, 0.05) is 23.5 Å². The first-order valence-electron chi connectivity index (χ1n) is 12.4. The van der Waals surface area contributed by atoms with E-state index in [9.17, 15) is 4.79 Å². The molecule has 36 heavy (non-hydrogen) atoms. The number of amides is 1. The lowest BCUT2D eigenvalue weighted by atomic mass is 9.91. The summed E-state index contributed by atoms with van der Waals surface area (Å²) in [7, 11) is 0. The molecule has 9 heteroatoms. The first-order valence-corrected chi connectivity index (χ1v) is 12.4. The Hall–Kier alpha value is -4.01. The van der Waals surface area contributed by atoms with E-state index in [4.69, 9.17) is 4.98 Å². The summed E-state index contributed by atoms with van der Waals surface area (Å²) >= 11 is 0. The van der Waals surface area contributed by atoms with Gasteiger partial charge in [0.15, 0.2) is 0 Å². The van der Waals surface area contributed by atoms with E-state index in [1.165, 1.54) is 11.1 Å². The molecule has 1 unspecified atom stereocenters. The Bertz CT molecular complexity index is 1350. The molecule has 3 N–H and O–H groups in total. The number of nitrogens with one attached hydrogen (secondary N) is 3. The number of aryl methyl sites for hydroxylation is 2. The molecule has 0 radical (unpaired) electrons. The van der Waals surface area contributed by atoms with Crippen molar-refractivity contribution in [2.24, 2.45) is 0 Å². The number of carbonyl (C=O) groups excluding carboxylic acids is 1. The number of aromatic nitrogens is 6. The normalized spacial score (nSPS) is 15.7. The number of carbonyl (C=O) groups is 1. The highest BCUT2D eigenvalue weighted by Crippen LogP contribution is 2.39. The predicted molar refractivity (Wildman–Crippen MR) is 139 cm³/mol. The smallest absolute Gasteiger partial charge is 0.257 e. The molecule has 1 aliphatic carbocycles. The molecule has 4 aromatic rings. The van der Waals surface area contributed by atoms with Crippen LogP contribution in [0.4, 0.5) is 11.6 Å². The second-order valence-electron chi connectivity index (χ2n) is 10.3. The summed E-state index contributed by atoms with van der Waals surface area (Å²) < 4.78 is 0. The molecule has 0 saturated carbocycles. The maximum Gasteiger partial charge on any atom is 0.257 e. The van der Waals surface area contributed by atoms with Crippen LogP contribution in [0.25, 0.3) is 11.3 Å². The summed E-state index contributed by atoms with van der Waals surface area (Å²) in [6.45, 7) is 8.24. The van der Waals surface area contributed by atoms with Crippen molar-refractivity contribution in [3.05, 3.63) is 71.4 Å². The molecule has 9 nitrogen and oxygen atoms in total. The van der Waals surface area contributed by atoms with E-state index in [2.05, 4.69) is 69.7 Å². The third-order valence-electron chi connectivity index (χ3n) is 6.70. The summed E-state index contributed by atoms with van der Waals surface area (Å²) in [4.78, 5) is 24.7. The quantitative estimate of drug-likeness (QED) is 0.329. The van der Waals surface area contributed by atoms with Gasteiger partial charge in [0.25, 0.3) is 5.91 Å². The van der Waals surface area contributed by atoms with Crippen LogP contribution in [0.15, 0.2) is 49.1 Å². The third-order valence-corrected chi connectivity index (χ3v) is 6.70. The highest BCUT2D eigenvalue weighted by atomic mass is 16.2. The topological polar surface area (TPSA) is 115 Å². The fraction of sp³-hybridized carbons (Fsp3) is 0.370. The summed E-state index contributed by atoms with van der Waals surface area (Å²) in [5, 5.41) is 17.0. The number of rotatable bonds is 5. The maximum atomic E-state index is 13.6. The van der Waals surface area contributed by atoms with Gasteiger partial charge in [-0.15, -0.1) is 0 Å². The van der Waals surface area contributed by atoms with E-state index in [-0.39, 0.29) is 17.5 Å². The largest absolute Gasteiger partial charge is 0.327 e. The van der Waals surface area contributed by atoms with E-state index < -0.39 is 0 Å². The zero-order chi connectivity index (χ0) is 25.3. The minimum absolute atomic E-state index is 0.000710. The summed E-state index contributed by atoms with van der Waals surface area (Å²) in [6, 6.07) is 8.43. The fourth-order valence-electron chi connectivity index (χ4n) is 4.98. The number of benzene rings is 1. The van der Waals surface area contributed by atoms with Crippen LogP contribution >= 0.6 is 0 Å². The molecule has 3 heterocycles. The van der Waals surface area contributed by atoms with Crippen molar-refractivity contribution in [3.8, 4) is 11.3 Å². The first-order chi connectivity index (χ1) is 17.3. The molecule has 3 aromatic heterocycles. The standard InChI is InChI=1S/C27H32N8O/c1-17-23(16-31-34-17)33-26-28-12-11-22(32-26)19-9-10-21-18(13-19)7-5-6-8-24(21)35(27(2,3)4)25(36)20-14-29-30-15-20/h9-16,24H,5-8H2,1-4H3,(H,29,30)(H,31,34)(H,28,32,33). The van der Waals surface area contributed by atoms with Crippen molar-refractivity contribution in [2.45, 2.75) is 65.0 Å². The van der Waals surface area contributed by atoms with E-state index in [0.29, 0.717) is 11.5 Å². The molecule has 0 fully saturated rings. The number of H-pyrrole nitrogens is 2. The van der Waals surface area contributed by atoms with E-state index in [1.54, 1.807) is 24.8 Å². The molecular formula is C27H32N8O. The van der Waals surface area contributed by atoms with Gasteiger partial charge in [-0.05, 0) is 70.2 Å². The van der Waals surface area contributed by atoms with Gasteiger partial charge in [0.1, 0.15) is 0 Å². The van der Waals surface area contributed by atoms with E-state index in [1.807, 2.05) is 17.9 Å². The van der Waals surface area contributed by atoms with Crippen molar-refractivity contribution in [2.75, 3.05) is 5.32 Å². The number of anilines is 2. The number of nitrogens with zero attached hydrogens (tertiary/aromatic N) is 5. The lowest BCUT2D eigenvalue weighted by Gasteiger charge is -2.42. The number of hydrogen-bond donors (Lipinski definition) is 3. The van der Waals surface area contributed by atoms with Crippen LogP contribution in [0.2, 0.25) is 0 Å². The van der Waals surface area contributed by atoms with E-state index >= 15 is 0 Å². The van der Waals surface area contributed by atoms with Crippen LogP contribution in [0.1, 0.15) is 73.3 Å². The minimum Gasteiger partial charge on any atom is -0.327 e. The lowest BCUT2D eigenvalue weighted by Crippen LogP contribution is -2.47. The molecule has 0 saturated heterocycles. The Kier molecular flexibility index (Phi) is 6.30. The Morgan fingerprint density at radius 2 is 2.00 bits per heavy atom. The number of fused-ring (bicyclic) bond motifs is 1. The highest BCUT2D eigenvalue weighted by molar-refractivity contribution is 5.94. The van der Waals surface area contributed by atoms with Crippen LogP contribution < -0.4 is 5.32 Å². The fourth-order valence-corrected chi connectivity index (χ4v) is 4.98. The van der Waals surface area contributed by atoms with Crippen LogP contribution in [-0.2, 0) is 6.42 Å². The van der Waals surface area contributed by atoms with Gasteiger partial charge in [0.05, 0.1) is 41.1 Å². The first kappa shape index (κ1) is 23.7. The van der Waals surface area contributed by atoms with Crippen molar-refractivity contribution in [1.29, 1.82) is 0 Å². The molecule has 0 spiro atoms. The maximum absolute atomic E-state index is 13.6. The lowest BCUT2D eigenvalue weighted by molar-refractivity contribution is 0.0416. The Balaban J connectivity index is 1.49. The average Bonchev–Trinajstić information content (AvgIpc) is 3.48. The Labute approximate surface area is 210 Å². The van der Waals surface area contributed by atoms with Gasteiger partial charge in [-0.2, -0.15) is 10.2 Å². The predicted octanol–water partition coefficient (Wildman–Crippen LogP) is 5.35. The van der Waals surface area contributed by atoms with Crippen LogP contribution in [0.5, 0.6) is 0 Å². The van der Waals surface area contributed by atoms with Crippen molar-refractivity contribution in [1.82, 2.24) is 35.3 Å². The van der Waals surface area contributed by atoms with Crippen LogP contribution in [-0.4, -0.2) is 46.7 Å². The molecule has 1 aliphatic rings. The zero-order valence-electron chi connectivity index (χ0n) is 21.2. The van der Waals surface area contributed by atoms with Gasteiger partial charge in [-0.1, -0.05) is 18.6 Å². The summed E-state index contributed by atoms with van der Waals surface area (Å²) in [6.07, 6.45) is 10.8. The van der Waals surface area contributed by atoms with E-state index in [0.717, 1.165) is 48.3 Å². The van der Waals surface area contributed by atoms with Crippen molar-refractivity contribution < 1.29 is 4.79 Å². The molecule has 0 bridgehead atoms. The molecule has 0 aliphatic heterocycles. The van der Waals surface area contributed by atoms with Gasteiger partial charge in [-0.3, -0.25) is 15.0 Å². The van der Waals surface area contributed by atoms with Crippen LogP contribution in [0, 0.1) is 6.92 Å². The van der Waals surface area contributed by atoms with Gasteiger partial charge < -0.3 is 10.2 Å².